The zero-order chi connectivity index (χ0) is 13.5. The lowest BCUT2D eigenvalue weighted by atomic mass is 10.3. The van der Waals surface area contributed by atoms with Crippen molar-refractivity contribution >= 4 is 20.7 Å². The van der Waals surface area contributed by atoms with Crippen LogP contribution in [0.4, 0.5) is 0 Å². The first-order valence-corrected chi connectivity index (χ1v) is 6.45. The molecule has 1 aromatic carbocycles. The Morgan fingerprint density at radius 2 is 1.89 bits per heavy atom. The Hall–Kier alpha value is -1.43. The highest BCUT2D eigenvalue weighted by atomic mass is 28.2. The second kappa shape index (κ2) is 7.10. The number of methoxy groups -OCH3 is 2. The SMILES string of the molecule is C=C(C)C(=O)Oc1ccccc1[Si]C(OC)OC. The third-order valence-corrected chi connectivity index (χ3v) is 3.57. The molecule has 2 radical (unpaired) electrons. The minimum absolute atomic E-state index is 0.236. The number of carbonyl (C=O) groups excluding carboxylic acids is 1. The highest BCUT2D eigenvalue weighted by molar-refractivity contribution is 6.55. The van der Waals surface area contributed by atoms with Crippen molar-refractivity contribution in [2.24, 2.45) is 0 Å². The number of esters is 1. The van der Waals surface area contributed by atoms with E-state index in [0.29, 0.717) is 11.3 Å². The standard InChI is InChI=1S/C13H16O4Si/c1-9(2)12(14)17-10-7-5-6-8-11(10)18-13(15-3)16-4/h5-8,13H,1H2,2-4H3. The smallest absolute Gasteiger partial charge is 0.338 e. The van der Waals surface area contributed by atoms with Crippen molar-refractivity contribution in [2.75, 3.05) is 14.2 Å². The lowest BCUT2D eigenvalue weighted by Gasteiger charge is -2.14. The van der Waals surface area contributed by atoms with Gasteiger partial charge in [0.15, 0.2) is 9.52 Å². The number of rotatable bonds is 6. The normalized spacial score (nSPS) is 10.4. The summed E-state index contributed by atoms with van der Waals surface area (Å²) in [6, 6.07) is 7.31. The molecule has 4 nitrogen and oxygen atoms in total. The van der Waals surface area contributed by atoms with Gasteiger partial charge in [-0.15, -0.1) is 0 Å². The molecule has 0 bridgehead atoms. The van der Waals surface area contributed by atoms with Crippen LogP contribution in [0.2, 0.25) is 0 Å². The van der Waals surface area contributed by atoms with Crippen LogP contribution in [0, 0.1) is 0 Å². The molecule has 1 aromatic rings. The first kappa shape index (κ1) is 14.6. The van der Waals surface area contributed by atoms with Gasteiger partial charge in [-0.25, -0.2) is 4.79 Å². The fraction of sp³-hybridized carbons (Fsp3) is 0.308. The first-order valence-electron chi connectivity index (χ1n) is 5.37. The number of ether oxygens (including phenoxy) is 3. The quantitative estimate of drug-likeness (QED) is 0.253. The second-order valence-electron chi connectivity index (χ2n) is 3.61. The van der Waals surface area contributed by atoms with E-state index in [4.69, 9.17) is 14.2 Å². The summed E-state index contributed by atoms with van der Waals surface area (Å²) in [4.78, 5) is 11.5. The fourth-order valence-corrected chi connectivity index (χ4v) is 2.16. The predicted octanol–water partition coefficient (Wildman–Crippen LogP) is 1.07. The molecule has 0 N–H and O–H groups in total. The minimum atomic E-state index is -0.432. The molecule has 0 saturated heterocycles. The van der Waals surface area contributed by atoms with E-state index in [1.807, 2.05) is 18.2 Å². The van der Waals surface area contributed by atoms with Crippen molar-refractivity contribution in [3.8, 4) is 5.75 Å². The van der Waals surface area contributed by atoms with E-state index in [1.165, 1.54) is 0 Å². The molecule has 0 spiro atoms. The van der Waals surface area contributed by atoms with Crippen molar-refractivity contribution in [3.63, 3.8) is 0 Å². The van der Waals surface area contributed by atoms with Gasteiger partial charge < -0.3 is 14.2 Å². The summed E-state index contributed by atoms with van der Waals surface area (Å²) in [5, 5.41) is 0.876. The maximum atomic E-state index is 11.5. The zero-order valence-electron chi connectivity index (χ0n) is 10.7. The Kier molecular flexibility index (Phi) is 5.77. The molecule has 0 atom stereocenters. The molecular formula is C13H16O4Si. The summed E-state index contributed by atoms with van der Waals surface area (Å²) >= 11 is 0. The Labute approximate surface area is 109 Å². The van der Waals surface area contributed by atoms with Gasteiger partial charge >= 0.3 is 5.97 Å². The van der Waals surface area contributed by atoms with E-state index in [0.717, 1.165) is 5.19 Å². The van der Waals surface area contributed by atoms with Crippen LogP contribution in [0.25, 0.3) is 0 Å². The molecule has 0 aromatic heterocycles. The lowest BCUT2D eigenvalue weighted by molar-refractivity contribution is -0.130. The summed E-state index contributed by atoms with van der Waals surface area (Å²) in [5.41, 5.74) is 0.364. The van der Waals surface area contributed by atoms with Crippen molar-refractivity contribution in [3.05, 3.63) is 36.4 Å². The molecular weight excluding hydrogens is 248 g/mol. The maximum Gasteiger partial charge on any atom is 0.338 e. The van der Waals surface area contributed by atoms with Gasteiger partial charge in [0.05, 0.1) is 0 Å². The fourth-order valence-electron chi connectivity index (χ4n) is 1.20. The van der Waals surface area contributed by atoms with Crippen LogP contribution in [0.1, 0.15) is 6.92 Å². The third-order valence-electron chi connectivity index (χ3n) is 2.14. The van der Waals surface area contributed by atoms with Gasteiger partial charge in [-0.3, -0.25) is 0 Å². The van der Waals surface area contributed by atoms with Gasteiger partial charge in [-0.2, -0.15) is 0 Å². The number of para-hydroxylation sites is 1. The molecule has 18 heavy (non-hydrogen) atoms. The Morgan fingerprint density at radius 3 is 2.44 bits per heavy atom. The average molecular weight is 264 g/mol. The number of hydrogen-bond acceptors (Lipinski definition) is 4. The Bertz CT molecular complexity index is 427. The van der Waals surface area contributed by atoms with Crippen molar-refractivity contribution in [1.82, 2.24) is 0 Å². The molecule has 0 aliphatic heterocycles. The number of benzene rings is 1. The van der Waals surface area contributed by atoms with Crippen LogP contribution in [0.5, 0.6) is 5.75 Å². The molecule has 0 amide bonds. The minimum Gasteiger partial charge on any atom is -0.423 e. The van der Waals surface area contributed by atoms with Crippen LogP contribution >= 0.6 is 0 Å². The van der Waals surface area contributed by atoms with Gasteiger partial charge in [0, 0.05) is 19.8 Å². The van der Waals surface area contributed by atoms with E-state index >= 15 is 0 Å². The molecule has 0 saturated carbocycles. The van der Waals surface area contributed by atoms with Gasteiger partial charge in [0.1, 0.15) is 11.7 Å². The van der Waals surface area contributed by atoms with Crippen LogP contribution in [-0.2, 0) is 14.3 Å². The number of hydrogen-bond donors (Lipinski definition) is 0. The lowest BCUT2D eigenvalue weighted by Crippen LogP contribution is -2.32. The maximum absolute atomic E-state index is 11.5. The van der Waals surface area contributed by atoms with Crippen LogP contribution in [-0.4, -0.2) is 35.6 Å². The molecule has 0 aliphatic rings. The van der Waals surface area contributed by atoms with Crippen molar-refractivity contribution < 1.29 is 19.0 Å². The topological polar surface area (TPSA) is 44.8 Å². The molecule has 5 heteroatoms. The summed E-state index contributed by atoms with van der Waals surface area (Å²) in [6.45, 7) is 5.16. The first-order chi connectivity index (χ1) is 8.58. The largest absolute Gasteiger partial charge is 0.423 e. The Morgan fingerprint density at radius 1 is 1.28 bits per heavy atom. The summed E-state index contributed by atoms with van der Waals surface area (Å²) in [6.07, 6.45) is 0. The zero-order valence-corrected chi connectivity index (χ0v) is 11.7. The molecule has 1 rings (SSSR count). The third kappa shape index (κ3) is 4.10. The second-order valence-corrected chi connectivity index (χ2v) is 4.91. The predicted molar refractivity (Wildman–Crippen MR) is 70.1 cm³/mol. The summed E-state index contributed by atoms with van der Waals surface area (Å²) < 4.78 is 15.5. The van der Waals surface area contributed by atoms with E-state index in [-0.39, 0.29) is 15.4 Å². The molecule has 0 aliphatic carbocycles. The Balaban J connectivity index is 2.85. The van der Waals surface area contributed by atoms with Crippen LogP contribution in [0.15, 0.2) is 36.4 Å². The molecule has 0 unspecified atom stereocenters. The highest BCUT2D eigenvalue weighted by Crippen LogP contribution is 2.09. The number of carbonyl (C=O) groups is 1. The molecule has 96 valence electrons. The van der Waals surface area contributed by atoms with Gasteiger partial charge in [0.2, 0.25) is 0 Å². The highest BCUT2D eigenvalue weighted by Gasteiger charge is 2.15. The average Bonchev–Trinajstić information content (AvgIpc) is 2.37. The molecule has 0 heterocycles. The van der Waals surface area contributed by atoms with Gasteiger partial charge in [-0.1, -0.05) is 24.8 Å². The molecule has 0 fully saturated rings. The van der Waals surface area contributed by atoms with Gasteiger partial charge in [0.25, 0.3) is 0 Å². The van der Waals surface area contributed by atoms with E-state index < -0.39 is 5.97 Å². The van der Waals surface area contributed by atoms with E-state index in [2.05, 4.69) is 6.58 Å². The monoisotopic (exact) mass is 264 g/mol. The van der Waals surface area contributed by atoms with E-state index in [1.54, 1.807) is 27.2 Å². The summed E-state index contributed by atoms with van der Waals surface area (Å²) in [7, 11) is 3.38. The van der Waals surface area contributed by atoms with Crippen LogP contribution < -0.4 is 9.92 Å². The van der Waals surface area contributed by atoms with E-state index in [9.17, 15) is 4.79 Å². The van der Waals surface area contributed by atoms with Crippen molar-refractivity contribution in [1.29, 1.82) is 0 Å². The van der Waals surface area contributed by atoms with Crippen molar-refractivity contribution in [2.45, 2.75) is 12.8 Å². The van der Waals surface area contributed by atoms with Crippen LogP contribution in [0.3, 0.4) is 0 Å². The van der Waals surface area contributed by atoms with Gasteiger partial charge in [-0.05, 0) is 18.2 Å². The summed E-state index contributed by atoms with van der Waals surface area (Å²) in [5.74, 6) is -0.253.